The lowest BCUT2D eigenvalue weighted by Crippen LogP contribution is -2.14. The fourth-order valence-corrected chi connectivity index (χ4v) is 3.59. The van der Waals surface area contributed by atoms with Crippen molar-refractivity contribution < 1.29 is 5.11 Å². The van der Waals surface area contributed by atoms with Gasteiger partial charge >= 0.3 is 0 Å². The first-order valence-corrected chi connectivity index (χ1v) is 6.27. The Morgan fingerprint density at radius 2 is 2.25 bits per heavy atom. The van der Waals surface area contributed by atoms with Gasteiger partial charge in [0.05, 0.1) is 12.3 Å². The first-order chi connectivity index (χ1) is 7.83. The zero-order chi connectivity index (χ0) is 11.0. The number of rotatable bonds is 3. The topological polar surface area (TPSA) is 46.0 Å². The van der Waals surface area contributed by atoms with E-state index in [0.717, 1.165) is 29.7 Å². The first kappa shape index (κ1) is 10.2. The zero-order valence-corrected chi connectivity index (χ0v) is 9.42. The smallest absolute Gasteiger partial charge is 0.0808 e. The third-order valence-corrected chi connectivity index (χ3v) is 4.40. The molecular formula is C13H18N2O. The van der Waals surface area contributed by atoms with E-state index in [0.29, 0.717) is 0 Å². The molecule has 1 heterocycles. The normalized spacial score (nSPS) is 34.2. The zero-order valence-electron chi connectivity index (χ0n) is 9.42. The van der Waals surface area contributed by atoms with E-state index in [1.54, 1.807) is 12.4 Å². The molecule has 16 heavy (non-hydrogen) atoms. The van der Waals surface area contributed by atoms with Gasteiger partial charge in [0, 0.05) is 11.8 Å². The number of hydrogen-bond acceptors (Lipinski definition) is 3. The van der Waals surface area contributed by atoms with Crippen LogP contribution in [0, 0.1) is 17.8 Å². The van der Waals surface area contributed by atoms with Crippen molar-refractivity contribution in [2.75, 3.05) is 0 Å². The molecule has 0 amide bonds. The summed E-state index contributed by atoms with van der Waals surface area (Å²) in [6, 6.07) is 1.87. The van der Waals surface area contributed by atoms with Crippen molar-refractivity contribution in [1.82, 2.24) is 10.2 Å². The van der Waals surface area contributed by atoms with Gasteiger partial charge in [-0.2, -0.15) is 10.2 Å². The van der Waals surface area contributed by atoms with Crippen LogP contribution in [-0.2, 0) is 0 Å². The Morgan fingerprint density at radius 1 is 1.31 bits per heavy atom. The molecule has 2 fully saturated rings. The summed E-state index contributed by atoms with van der Waals surface area (Å²) in [6.07, 6.45) is 9.45. The number of aliphatic hydroxyl groups excluding tert-OH is 1. The lowest BCUT2D eigenvalue weighted by molar-refractivity contribution is 0.125. The number of aromatic nitrogens is 2. The van der Waals surface area contributed by atoms with Crippen molar-refractivity contribution in [3.05, 3.63) is 24.0 Å². The second kappa shape index (κ2) is 4.13. The van der Waals surface area contributed by atoms with Crippen LogP contribution in [-0.4, -0.2) is 15.3 Å². The predicted molar refractivity (Wildman–Crippen MR) is 60.5 cm³/mol. The van der Waals surface area contributed by atoms with Gasteiger partial charge in [-0.15, -0.1) is 0 Å². The number of hydrogen-bond donors (Lipinski definition) is 1. The summed E-state index contributed by atoms with van der Waals surface area (Å²) in [5, 5.41) is 17.7. The number of fused-ring (bicyclic) bond motifs is 2. The summed E-state index contributed by atoms with van der Waals surface area (Å²) in [7, 11) is 0. The highest BCUT2D eigenvalue weighted by Gasteiger charge is 2.40. The van der Waals surface area contributed by atoms with Gasteiger partial charge in [-0.3, -0.25) is 0 Å². The SMILES string of the molecule is OC(CC1CC2CCC1C2)c1ccnnc1. The quantitative estimate of drug-likeness (QED) is 0.847. The fraction of sp³-hybridized carbons (Fsp3) is 0.692. The number of aliphatic hydroxyl groups is 1. The molecule has 1 N–H and O–H groups in total. The van der Waals surface area contributed by atoms with Crippen LogP contribution in [0.15, 0.2) is 18.5 Å². The summed E-state index contributed by atoms with van der Waals surface area (Å²) in [4.78, 5) is 0. The van der Waals surface area contributed by atoms with Gasteiger partial charge in [-0.05, 0) is 49.5 Å². The van der Waals surface area contributed by atoms with Crippen molar-refractivity contribution in [2.45, 2.75) is 38.2 Å². The Kier molecular flexibility index (Phi) is 2.64. The van der Waals surface area contributed by atoms with E-state index >= 15 is 0 Å². The average Bonchev–Trinajstić information content (AvgIpc) is 2.92. The molecule has 2 aliphatic rings. The molecule has 4 atom stereocenters. The van der Waals surface area contributed by atoms with Crippen LogP contribution in [0.25, 0.3) is 0 Å². The van der Waals surface area contributed by atoms with Crippen LogP contribution in [0.4, 0.5) is 0 Å². The Morgan fingerprint density at radius 3 is 2.88 bits per heavy atom. The molecule has 0 saturated heterocycles. The molecule has 1 aromatic rings. The highest BCUT2D eigenvalue weighted by molar-refractivity contribution is 5.09. The van der Waals surface area contributed by atoms with Crippen LogP contribution < -0.4 is 0 Å². The number of nitrogens with zero attached hydrogens (tertiary/aromatic N) is 2. The lowest BCUT2D eigenvalue weighted by atomic mass is 9.84. The third kappa shape index (κ3) is 1.84. The molecule has 4 unspecified atom stereocenters. The predicted octanol–water partition coefficient (Wildman–Crippen LogP) is 2.34. The van der Waals surface area contributed by atoms with Crippen LogP contribution in [0.2, 0.25) is 0 Å². The molecule has 3 rings (SSSR count). The van der Waals surface area contributed by atoms with Crippen LogP contribution >= 0.6 is 0 Å². The summed E-state index contributed by atoms with van der Waals surface area (Å²) in [5.74, 6) is 2.58. The van der Waals surface area contributed by atoms with Gasteiger partial charge < -0.3 is 5.11 Å². The van der Waals surface area contributed by atoms with Gasteiger partial charge in [0.2, 0.25) is 0 Å². The maximum absolute atomic E-state index is 10.1. The van der Waals surface area contributed by atoms with E-state index in [1.807, 2.05) is 6.07 Å². The van der Waals surface area contributed by atoms with E-state index in [-0.39, 0.29) is 6.10 Å². The summed E-state index contributed by atoms with van der Waals surface area (Å²) in [5.41, 5.74) is 0.915. The van der Waals surface area contributed by atoms with Crippen molar-refractivity contribution >= 4 is 0 Å². The van der Waals surface area contributed by atoms with Crippen molar-refractivity contribution in [2.24, 2.45) is 17.8 Å². The second-order valence-electron chi connectivity index (χ2n) is 5.36. The molecule has 2 saturated carbocycles. The maximum Gasteiger partial charge on any atom is 0.0808 e. The van der Waals surface area contributed by atoms with Gasteiger partial charge in [-0.25, -0.2) is 0 Å². The standard InChI is InChI=1S/C13H18N2O/c16-13(11-3-4-14-15-8-11)7-12-6-9-1-2-10(12)5-9/h3-4,8-10,12-13,16H,1-2,5-7H2. The van der Waals surface area contributed by atoms with Crippen molar-refractivity contribution in [1.29, 1.82) is 0 Å². The molecule has 2 aliphatic carbocycles. The molecule has 86 valence electrons. The lowest BCUT2D eigenvalue weighted by Gasteiger charge is -2.24. The Balaban J connectivity index is 1.63. The third-order valence-electron chi connectivity index (χ3n) is 4.40. The van der Waals surface area contributed by atoms with Gasteiger partial charge in [0.25, 0.3) is 0 Å². The summed E-state index contributed by atoms with van der Waals surface area (Å²) in [6.45, 7) is 0. The Bertz CT molecular complexity index is 354. The molecule has 2 bridgehead atoms. The van der Waals surface area contributed by atoms with Gasteiger partial charge in [0.1, 0.15) is 0 Å². The van der Waals surface area contributed by atoms with E-state index in [9.17, 15) is 5.11 Å². The minimum Gasteiger partial charge on any atom is -0.388 e. The van der Waals surface area contributed by atoms with Gasteiger partial charge in [0.15, 0.2) is 0 Å². The summed E-state index contributed by atoms with van der Waals surface area (Å²) < 4.78 is 0. The molecule has 3 heteroatoms. The first-order valence-electron chi connectivity index (χ1n) is 6.27. The Labute approximate surface area is 95.9 Å². The molecular weight excluding hydrogens is 200 g/mol. The van der Waals surface area contributed by atoms with E-state index < -0.39 is 0 Å². The van der Waals surface area contributed by atoms with E-state index in [1.165, 1.54) is 25.7 Å². The Hall–Kier alpha value is -0.960. The summed E-state index contributed by atoms with van der Waals surface area (Å²) >= 11 is 0. The average molecular weight is 218 g/mol. The largest absolute Gasteiger partial charge is 0.388 e. The van der Waals surface area contributed by atoms with Crippen molar-refractivity contribution in [3.63, 3.8) is 0 Å². The fourth-order valence-electron chi connectivity index (χ4n) is 3.59. The molecule has 0 spiro atoms. The van der Waals surface area contributed by atoms with Crippen LogP contribution in [0.5, 0.6) is 0 Å². The minimum atomic E-state index is -0.347. The molecule has 0 aromatic carbocycles. The monoisotopic (exact) mass is 218 g/mol. The van der Waals surface area contributed by atoms with Crippen LogP contribution in [0.1, 0.15) is 43.8 Å². The minimum absolute atomic E-state index is 0.347. The van der Waals surface area contributed by atoms with Crippen molar-refractivity contribution in [3.8, 4) is 0 Å². The van der Waals surface area contributed by atoms with E-state index in [4.69, 9.17) is 0 Å². The highest BCUT2D eigenvalue weighted by Crippen LogP contribution is 2.50. The highest BCUT2D eigenvalue weighted by atomic mass is 16.3. The molecule has 1 aromatic heterocycles. The molecule has 3 nitrogen and oxygen atoms in total. The maximum atomic E-state index is 10.1. The van der Waals surface area contributed by atoms with Gasteiger partial charge in [-0.1, -0.05) is 6.42 Å². The second-order valence-corrected chi connectivity index (χ2v) is 5.36. The molecule has 0 aliphatic heterocycles. The van der Waals surface area contributed by atoms with E-state index in [2.05, 4.69) is 10.2 Å². The molecule has 0 radical (unpaired) electrons. The van der Waals surface area contributed by atoms with Crippen LogP contribution in [0.3, 0.4) is 0 Å².